The number of rotatable bonds is 7. The SMILES string of the molecule is N=Cc1ccc(Oc2cc(Oc3ccc(C=N)cc3)cc(C(=O)N3CCC4CCCCC4C3)c2)cc1. The zero-order valence-corrected chi connectivity index (χ0v) is 20.3. The Morgan fingerprint density at radius 3 is 1.78 bits per heavy atom. The topological polar surface area (TPSA) is 86.5 Å². The summed E-state index contributed by atoms with van der Waals surface area (Å²) in [5, 5.41) is 14.8. The van der Waals surface area contributed by atoms with Gasteiger partial charge in [-0.25, -0.2) is 0 Å². The van der Waals surface area contributed by atoms with Gasteiger partial charge in [0.15, 0.2) is 0 Å². The molecule has 36 heavy (non-hydrogen) atoms. The largest absolute Gasteiger partial charge is 0.457 e. The van der Waals surface area contributed by atoms with Crippen molar-refractivity contribution in [3.05, 3.63) is 83.4 Å². The first-order valence-corrected chi connectivity index (χ1v) is 12.6. The number of carbonyl (C=O) groups is 1. The van der Waals surface area contributed by atoms with Crippen molar-refractivity contribution in [2.75, 3.05) is 13.1 Å². The van der Waals surface area contributed by atoms with Gasteiger partial charge in [-0.2, -0.15) is 0 Å². The lowest BCUT2D eigenvalue weighted by molar-refractivity contribution is 0.0520. The number of carbonyl (C=O) groups excluding carboxylic acids is 1. The Morgan fingerprint density at radius 1 is 0.722 bits per heavy atom. The summed E-state index contributed by atoms with van der Waals surface area (Å²) in [6.07, 6.45) is 8.73. The van der Waals surface area contributed by atoms with Crippen LogP contribution in [0.25, 0.3) is 0 Å². The van der Waals surface area contributed by atoms with Crippen molar-refractivity contribution >= 4 is 18.3 Å². The first kappa shape index (κ1) is 23.8. The number of amides is 1. The van der Waals surface area contributed by atoms with Crippen molar-refractivity contribution in [2.24, 2.45) is 11.8 Å². The van der Waals surface area contributed by atoms with Crippen LogP contribution in [0.1, 0.15) is 53.6 Å². The highest BCUT2D eigenvalue weighted by Gasteiger charge is 2.33. The lowest BCUT2D eigenvalue weighted by Crippen LogP contribution is -2.44. The predicted molar refractivity (Wildman–Crippen MR) is 141 cm³/mol. The standard InChI is InChI=1S/C30H31N3O3/c31-18-21-5-9-26(10-6-21)35-28-15-25(16-29(17-28)36-27-11-7-22(19-32)8-12-27)30(34)33-14-13-23-3-1-2-4-24(23)20-33/h5-12,15-19,23-24,31-32H,1-4,13-14,20H2. The minimum Gasteiger partial charge on any atom is -0.457 e. The Balaban J connectivity index is 1.41. The van der Waals surface area contributed by atoms with Gasteiger partial charge in [-0.1, -0.05) is 19.3 Å². The van der Waals surface area contributed by atoms with E-state index in [2.05, 4.69) is 0 Å². The minimum atomic E-state index is 0.00707. The van der Waals surface area contributed by atoms with E-state index in [4.69, 9.17) is 20.3 Å². The molecule has 3 aromatic rings. The van der Waals surface area contributed by atoms with Crippen molar-refractivity contribution in [3.63, 3.8) is 0 Å². The minimum absolute atomic E-state index is 0.00707. The highest BCUT2D eigenvalue weighted by atomic mass is 16.5. The van der Waals surface area contributed by atoms with Crippen LogP contribution in [-0.2, 0) is 0 Å². The van der Waals surface area contributed by atoms with Crippen molar-refractivity contribution in [3.8, 4) is 23.0 Å². The maximum atomic E-state index is 13.6. The molecule has 0 radical (unpaired) electrons. The van der Waals surface area contributed by atoms with E-state index < -0.39 is 0 Å². The highest BCUT2D eigenvalue weighted by molar-refractivity contribution is 5.95. The highest BCUT2D eigenvalue weighted by Crippen LogP contribution is 2.37. The summed E-state index contributed by atoms with van der Waals surface area (Å²) in [7, 11) is 0. The molecule has 5 rings (SSSR count). The first-order chi connectivity index (χ1) is 17.6. The van der Waals surface area contributed by atoms with Gasteiger partial charge < -0.3 is 25.2 Å². The zero-order valence-electron chi connectivity index (χ0n) is 20.3. The number of ether oxygens (including phenoxy) is 2. The van der Waals surface area contributed by atoms with Crippen LogP contribution >= 0.6 is 0 Å². The molecular weight excluding hydrogens is 450 g/mol. The molecule has 1 aliphatic heterocycles. The number of piperidine rings is 1. The third-order valence-electron chi connectivity index (χ3n) is 7.27. The fraction of sp³-hybridized carbons (Fsp3) is 0.300. The molecule has 2 N–H and O–H groups in total. The summed E-state index contributed by atoms with van der Waals surface area (Å²) in [6, 6.07) is 19.8. The molecule has 6 heteroatoms. The van der Waals surface area contributed by atoms with Crippen LogP contribution in [-0.4, -0.2) is 36.3 Å². The van der Waals surface area contributed by atoms with E-state index in [-0.39, 0.29) is 5.91 Å². The Morgan fingerprint density at radius 2 is 1.25 bits per heavy atom. The summed E-state index contributed by atoms with van der Waals surface area (Å²) in [5.74, 6) is 3.64. The maximum Gasteiger partial charge on any atom is 0.254 e. The van der Waals surface area contributed by atoms with E-state index >= 15 is 0 Å². The Hall–Kier alpha value is -3.93. The molecule has 0 bridgehead atoms. The van der Waals surface area contributed by atoms with Gasteiger partial charge in [-0.05, 0) is 96.5 Å². The molecule has 1 amide bonds. The lowest BCUT2D eigenvalue weighted by Gasteiger charge is -2.41. The molecule has 2 atom stereocenters. The fourth-order valence-corrected chi connectivity index (χ4v) is 5.32. The van der Waals surface area contributed by atoms with Crippen molar-refractivity contribution in [1.29, 1.82) is 10.8 Å². The zero-order chi connectivity index (χ0) is 24.9. The number of nitrogens with zero attached hydrogens (tertiary/aromatic N) is 1. The second-order valence-electron chi connectivity index (χ2n) is 9.67. The fourth-order valence-electron chi connectivity index (χ4n) is 5.32. The summed E-state index contributed by atoms with van der Waals surface area (Å²) in [5.41, 5.74) is 2.12. The van der Waals surface area contributed by atoms with Gasteiger partial charge >= 0.3 is 0 Å². The maximum absolute atomic E-state index is 13.6. The van der Waals surface area contributed by atoms with Crippen LogP contribution < -0.4 is 9.47 Å². The lowest BCUT2D eigenvalue weighted by atomic mass is 9.75. The molecule has 2 fully saturated rings. The molecular formula is C30H31N3O3. The Kier molecular flexibility index (Phi) is 7.12. The Labute approximate surface area is 211 Å². The van der Waals surface area contributed by atoms with E-state index in [1.54, 1.807) is 42.5 Å². The van der Waals surface area contributed by atoms with Gasteiger partial charge in [-0.15, -0.1) is 0 Å². The van der Waals surface area contributed by atoms with Crippen LogP contribution in [0.15, 0.2) is 66.7 Å². The van der Waals surface area contributed by atoms with E-state index in [0.717, 1.165) is 36.6 Å². The van der Waals surface area contributed by atoms with E-state index in [9.17, 15) is 4.79 Å². The summed E-state index contributed by atoms with van der Waals surface area (Å²) in [6.45, 7) is 1.61. The van der Waals surface area contributed by atoms with Crippen LogP contribution in [0.3, 0.4) is 0 Å². The smallest absolute Gasteiger partial charge is 0.254 e. The number of fused-ring (bicyclic) bond motifs is 1. The summed E-state index contributed by atoms with van der Waals surface area (Å²) < 4.78 is 12.2. The van der Waals surface area contributed by atoms with Gasteiger partial charge in [0, 0.05) is 37.1 Å². The molecule has 2 unspecified atom stereocenters. The van der Waals surface area contributed by atoms with E-state index in [1.165, 1.54) is 38.1 Å². The second-order valence-corrected chi connectivity index (χ2v) is 9.67. The van der Waals surface area contributed by atoms with Crippen LogP contribution in [0.5, 0.6) is 23.0 Å². The van der Waals surface area contributed by atoms with Crippen molar-refractivity contribution < 1.29 is 14.3 Å². The van der Waals surface area contributed by atoms with Gasteiger partial charge in [0.1, 0.15) is 23.0 Å². The van der Waals surface area contributed by atoms with E-state index in [0.29, 0.717) is 34.5 Å². The average Bonchev–Trinajstić information content (AvgIpc) is 2.93. The molecule has 2 aliphatic rings. The predicted octanol–water partition coefficient (Wildman–Crippen LogP) is 6.92. The Bertz CT molecular complexity index is 1170. The van der Waals surface area contributed by atoms with Gasteiger partial charge in [-0.3, -0.25) is 4.79 Å². The van der Waals surface area contributed by atoms with Gasteiger partial charge in [0.25, 0.3) is 5.91 Å². The van der Waals surface area contributed by atoms with Crippen LogP contribution in [0, 0.1) is 22.7 Å². The van der Waals surface area contributed by atoms with E-state index in [1.807, 2.05) is 29.2 Å². The van der Waals surface area contributed by atoms with Crippen LogP contribution in [0.4, 0.5) is 0 Å². The quantitative estimate of drug-likeness (QED) is 0.359. The molecule has 3 aromatic carbocycles. The normalized spacial score (nSPS) is 19.2. The van der Waals surface area contributed by atoms with Gasteiger partial charge in [0.2, 0.25) is 0 Å². The monoisotopic (exact) mass is 481 g/mol. The number of nitrogens with one attached hydrogen (secondary N) is 2. The van der Waals surface area contributed by atoms with Crippen LogP contribution in [0.2, 0.25) is 0 Å². The number of likely N-dealkylation sites (tertiary alicyclic amines) is 1. The molecule has 1 aliphatic carbocycles. The third kappa shape index (κ3) is 5.48. The number of hydrogen-bond acceptors (Lipinski definition) is 5. The third-order valence-corrected chi connectivity index (χ3v) is 7.27. The average molecular weight is 482 g/mol. The number of benzene rings is 3. The van der Waals surface area contributed by atoms with Gasteiger partial charge in [0.05, 0.1) is 0 Å². The number of hydrogen-bond donors (Lipinski definition) is 2. The summed E-state index contributed by atoms with van der Waals surface area (Å²) in [4.78, 5) is 15.6. The summed E-state index contributed by atoms with van der Waals surface area (Å²) >= 11 is 0. The molecule has 184 valence electrons. The second kappa shape index (κ2) is 10.8. The van der Waals surface area contributed by atoms with Crippen molar-refractivity contribution in [1.82, 2.24) is 4.90 Å². The van der Waals surface area contributed by atoms with Crippen molar-refractivity contribution in [2.45, 2.75) is 32.1 Å². The molecule has 0 aromatic heterocycles. The molecule has 1 heterocycles. The molecule has 1 saturated carbocycles. The molecule has 0 spiro atoms. The molecule has 6 nitrogen and oxygen atoms in total. The molecule has 1 saturated heterocycles. The first-order valence-electron chi connectivity index (χ1n) is 12.6.